The van der Waals surface area contributed by atoms with Crippen LogP contribution in [0.4, 0.5) is 0 Å². The van der Waals surface area contributed by atoms with Crippen molar-refractivity contribution in [1.82, 2.24) is 0 Å². The van der Waals surface area contributed by atoms with Crippen LogP contribution in [0.5, 0.6) is 0 Å². The van der Waals surface area contributed by atoms with E-state index in [-0.39, 0.29) is 43.8 Å². The monoisotopic (exact) mass is 642 g/mol. The Bertz CT molecular complexity index is 1150. The number of ether oxygens (including phenoxy) is 2. The summed E-state index contributed by atoms with van der Waals surface area (Å²) in [5.74, 6) is -1.40. The number of allylic oxidation sites excluding steroid dienone is 1. The quantitative estimate of drug-likeness (QED) is 0.166. The van der Waals surface area contributed by atoms with Gasteiger partial charge >= 0.3 is 0 Å². The lowest BCUT2D eigenvalue weighted by atomic mass is 9.45. The average molecular weight is 643 g/mol. The standard InChI is InChI=1S/C33H54O12/c1-29(2,41)9-8-24(45-28-27(40)26(39)25(38)22(15-34)44-28)32(5,42)23-7-11-33(43)17-12-19(35)18-13-20(36)21(37)14-30(18,3)16(17)6-10-31(23,33)4/h12,16,18,20-28,34,36-43H,6-11,13-15H2,1-5H3/t16-,18-,20+,21-,22+,23-,24?,25-,26-,27+,28?,30+,31+,32+,33+/m0/s1. The average Bonchev–Trinajstić information content (AvgIpc) is 3.23. The summed E-state index contributed by atoms with van der Waals surface area (Å²) in [5.41, 5.74) is -5.20. The molecule has 12 nitrogen and oxygen atoms in total. The van der Waals surface area contributed by atoms with Gasteiger partial charge < -0.3 is 55.4 Å². The van der Waals surface area contributed by atoms with Gasteiger partial charge in [0.2, 0.25) is 0 Å². The molecule has 1 saturated heterocycles. The van der Waals surface area contributed by atoms with Gasteiger partial charge in [0.15, 0.2) is 12.1 Å². The molecule has 258 valence electrons. The molecule has 0 aromatic heterocycles. The number of ketones is 1. The molecule has 4 aliphatic carbocycles. The van der Waals surface area contributed by atoms with Crippen molar-refractivity contribution >= 4 is 5.78 Å². The van der Waals surface area contributed by atoms with Gasteiger partial charge in [-0.1, -0.05) is 13.8 Å². The summed E-state index contributed by atoms with van der Waals surface area (Å²) in [6, 6.07) is 0. The number of carbonyl (C=O) groups is 1. The van der Waals surface area contributed by atoms with E-state index in [4.69, 9.17) is 9.47 Å². The van der Waals surface area contributed by atoms with Crippen LogP contribution < -0.4 is 0 Å². The summed E-state index contributed by atoms with van der Waals surface area (Å²) in [6.45, 7) is 8.06. The van der Waals surface area contributed by atoms with E-state index in [2.05, 4.69) is 0 Å². The molecule has 3 saturated carbocycles. The lowest BCUT2D eigenvalue weighted by molar-refractivity contribution is -0.328. The van der Waals surface area contributed by atoms with E-state index in [9.17, 15) is 50.8 Å². The van der Waals surface area contributed by atoms with E-state index >= 15 is 0 Å². The van der Waals surface area contributed by atoms with Gasteiger partial charge in [-0.05, 0) is 101 Å². The third-order valence-electron chi connectivity index (χ3n) is 12.6. The molecular formula is C33H54O12. The highest BCUT2D eigenvalue weighted by Crippen LogP contribution is 2.68. The molecule has 5 aliphatic rings. The van der Waals surface area contributed by atoms with Gasteiger partial charge in [0.05, 0.1) is 41.7 Å². The highest BCUT2D eigenvalue weighted by Gasteiger charge is 2.69. The lowest BCUT2D eigenvalue weighted by Gasteiger charge is -2.61. The summed E-state index contributed by atoms with van der Waals surface area (Å²) in [4.78, 5) is 13.5. The van der Waals surface area contributed by atoms with Crippen molar-refractivity contribution in [3.63, 3.8) is 0 Å². The summed E-state index contributed by atoms with van der Waals surface area (Å²) >= 11 is 0. The molecule has 0 aromatic carbocycles. The maximum Gasteiger partial charge on any atom is 0.187 e. The van der Waals surface area contributed by atoms with Crippen LogP contribution in [0.15, 0.2) is 11.6 Å². The first-order valence-electron chi connectivity index (χ1n) is 16.5. The van der Waals surface area contributed by atoms with E-state index in [1.54, 1.807) is 26.8 Å². The van der Waals surface area contributed by atoms with Gasteiger partial charge in [-0.25, -0.2) is 0 Å². The zero-order valence-electron chi connectivity index (χ0n) is 27.0. The molecule has 9 N–H and O–H groups in total. The smallest absolute Gasteiger partial charge is 0.187 e. The van der Waals surface area contributed by atoms with Gasteiger partial charge in [0.25, 0.3) is 0 Å². The molecule has 0 radical (unpaired) electrons. The molecule has 0 bridgehead atoms. The Balaban J connectivity index is 1.47. The van der Waals surface area contributed by atoms with Crippen molar-refractivity contribution in [3.8, 4) is 0 Å². The number of hydrogen-bond acceptors (Lipinski definition) is 12. The number of fused-ring (bicyclic) bond motifs is 5. The van der Waals surface area contributed by atoms with Crippen molar-refractivity contribution in [2.24, 2.45) is 28.6 Å². The lowest BCUT2D eigenvalue weighted by Crippen LogP contribution is -2.64. The van der Waals surface area contributed by atoms with Crippen molar-refractivity contribution in [3.05, 3.63) is 11.6 Å². The summed E-state index contributed by atoms with van der Waals surface area (Å²) in [6.07, 6.45) is -6.69. The Labute approximate surface area is 264 Å². The minimum absolute atomic E-state index is 0.111. The van der Waals surface area contributed by atoms with Crippen LogP contribution in [0.1, 0.15) is 86.0 Å². The SMILES string of the molecule is CC(C)(O)CCC(OC1O[C@H](CO)[C@H](O)[C@H](O)[C@H]1O)[C@](C)(O)[C@H]1CC[C@@]2(O)C3=CC(=O)[C@@H]4C[C@@H](O)[C@@H](O)C[C@]4(C)[C@H]3CC[C@]12C. The molecule has 4 fully saturated rings. The Morgan fingerprint density at radius 2 is 1.64 bits per heavy atom. The second-order valence-electron chi connectivity index (χ2n) is 16.0. The van der Waals surface area contributed by atoms with Crippen LogP contribution in [0.25, 0.3) is 0 Å². The van der Waals surface area contributed by atoms with E-state index in [0.29, 0.717) is 24.8 Å². The van der Waals surface area contributed by atoms with Crippen molar-refractivity contribution in [1.29, 1.82) is 0 Å². The van der Waals surface area contributed by atoms with Gasteiger partial charge in [-0.3, -0.25) is 4.79 Å². The molecule has 0 aromatic rings. The van der Waals surface area contributed by atoms with Crippen molar-refractivity contribution in [2.75, 3.05) is 6.61 Å². The van der Waals surface area contributed by atoms with Gasteiger partial charge in [0, 0.05) is 11.3 Å². The molecule has 0 amide bonds. The Morgan fingerprint density at radius 3 is 2.27 bits per heavy atom. The minimum atomic E-state index is -1.69. The van der Waals surface area contributed by atoms with Crippen LogP contribution in [-0.4, -0.2) is 124 Å². The molecule has 0 spiro atoms. The first-order chi connectivity index (χ1) is 20.7. The fourth-order valence-electron chi connectivity index (χ4n) is 9.86. The third kappa shape index (κ3) is 5.65. The molecule has 15 atom stereocenters. The van der Waals surface area contributed by atoms with E-state index < -0.39 is 95.1 Å². The van der Waals surface area contributed by atoms with E-state index in [1.165, 1.54) is 0 Å². The second kappa shape index (κ2) is 11.8. The molecule has 1 heterocycles. The highest BCUT2D eigenvalue weighted by atomic mass is 16.7. The fourth-order valence-corrected chi connectivity index (χ4v) is 9.86. The van der Waals surface area contributed by atoms with Crippen molar-refractivity contribution < 1.29 is 60.2 Å². The number of hydrogen-bond donors (Lipinski definition) is 9. The van der Waals surface area contributed by atoms with Crippen molar-refractivity contribution in [2.45, 2.75) is 152 Å². The normalized spacial score (nSPS) is 48.9. The highest BCUT2D eigenvalue weighted by molar-refractivity contribution is 5.95. The molecule has 2 unspecified atom stereocenters. The predicted molar refractivity (Wildman–Crippen MR) is 159 cm³/mol. The third-order valence-corrected chi connectivity index (χ3v) is 12.6. The largest absolute Gasteiger partial charge is 0.394 e. The summed E-state index contributed by atoms with van der Waals surface area (Å²) in [5, 5.41) is 97.6. The molecule has 1 aliphatic heterocycles. The Morgan fingerprint density at radius 1 is 0.978 bits per heavy atom. The zero-order chi connectivity index (χ0) is 33.5. The van der Waals surface area contributed by atoms with Gasteiger partial charge in [0.1, 0.15) is 24.4 Å². The fraction of sp³-hybridized carbons (Fsp3) is 0.909. The number of rotatable bonds is 8. The summed E-state index contributed by atoms with van der Waals surface area (Å²) in [7, 11) is 0. The molecule has 12 heteroatoms. The van der Waals surface area contributed by atoms with E-state index in [0.717, 1.165) is 0 Å². The van der Waals surface area contributed by atoms with Crippen LogP contribution in [0.2, 0.25) is 0 Å². The predicted octanol–water partition coefficient (Wildman–Crippen LogP) is -0.322. The first kappa shape index (κ1) is 35.3. The number of carbonyl (C=O) groups excluding carboxylic acids is 1. The van der Waals surface area contributed by atoms with Crippen LogP contribution >= 0.6 is 0 Å². The maximum absolute atomic E-state index is 13.5. The topological polar surface area (TPSA) is 218 Å². The van der Waals surface area contributed by atoms with Crippen LogP contribution in [0, 0.1) is 28.6 Å². The maximum atomic E-state index is 13.5. The van der Waals surface area contributed by atoms with E-state index in [1.807, 2.05) is 13.8 Å². The minimum Gasteiger partial charge on any atom is -0.394 e. The number of aliphatic hydroxyl groups is 9. The molecule has 45 heavy (non-hydrogen) atoms. The Kier molecular flexibility index (Phi) is 9.28. The van der Waals surface area contributed by atoms with Gasteiger partial charge in [-0.2, -0.15) is 0 Å². The van der Waals surface area contributed by atoms with Crippen LogP contribution in [0.3, 0.4) is 0 Å². The molecular weight excluding hydrogens is 588 g/mol. The summed E-state index contributed by atoms with van der Waals surface area (Å²) < 4.78 is 11.8. The zero-order valence-corrected chi connectivity index (χ0v) is 27.0. The van der Waals surface area contributed by atoms with Gasteiger partial charge in [-0.15, -0.1) is 0 Å². The molecule has 5 rings (SSSR count). The first-order valence-corrected chi connectivity index (χ1v) is 16.5. The number of aliphatic hydroxyl groups excluding tert-OH is 6. The Hall–Kier alpha value is -1.03. The van der Waals surface area contributed by atoms with Crippen LogP contribution in [-0.2, 0) is 14.3 Å². The second-order valence-corrected chi connectivity index (χ2v) is 16.0.